The van der Waals surface area contributed by atoms with E-state index < -0.39 is 17.6 Å². The maximum absolute atomic E-state index is 13.7. The van der Waals surface area contributed by atoms with Gasteiger partial charge in [0.05, 0.1) is 16.9 Å². The number of rotatable bonds is 3. The van der Waals surface area contributed by atoms with Crippen LogP contribution in [-0.4, -0.2) is 11.1 Å². The maximum Gasteiger partial charge on any atom is 0.337 e. The Balaban J connectivity index is 2.47. The zero-order valence-corrected chi connectivity index (χ0v) is 10.6. The van der Waals surface area contributed by atoms with Gasteiger partial charge in [-0.05, 0) is 36.8 Å². The van der Waals surface area contributed by atoms with Crippen molar-refractivity contribution < 1.29 is 18.7 Å². The third-order valence-corrected chi connectivity index (χ3v) is 2.79. The van der Waals surface area contributed by atoms with Gasteiger partial charge in [-0.15, -0.1) is 0 Å². The Morgan fingerprint density at radius 2 is 1.85 bits per heavy atom. The van der Waals surface area contributed by atoms with Crippen molar-refractivity contribution in [1.29, 1.82) is 0 Å². The summed E-state index contributed by atoms with van der Waals surface area (Å²) in [7, 11) is 0. The average Bonchev–Trinajstić information content (AvgIpc) is 2.35. The number of benzene rings is 2. The number of carboxylic acids is 1. The summed E-state index contributed by atoms with van der Waals surface area (Å²) >= 11 is 0. The van der Waals surface area contributed by atoms with Crippen LogP contribution in [0.4, 0.5) is 25.8 Å². The van der Waals surface area contributed by atoms with Gasteiger partial charge in [0, 0.05) is 11.8 Å². The second kappa shape index (κ2) is 5.16. The van der Waals surface area contributed by atoms with E-state index in [0.29, 0.717) is 5.69 Å². The number of carbonyl (C=O) groups is 1. The molecule has 0 aliphatic heterocycles. The van der Waals surface area contributed by atoms with E-state index in [1.807, 2.05) is 0 Å². The van der Waals surface area contributed by atoms with Gasteiger partial charge in [-0.2, -0.15) is 0 Å². The van der Waals surface area contributed by atoms with Crippen molar-refractivity contribution in [2.24, 2.45) is 0 Å². The Morgan fingerprint density at radius 3 is 2.50 bits per heavy atom. The van der Waals surface area contributed by atoms with Gasteiger partial charge in [-0.25, -0.2) is 13.6 Å². The summed E-state index contributed by atoms with van der Waals surface area (Å²) in [6.45, 7) is 1.44. The summed E-state index contributed by atoms with van der Waals surface area (Å²) in [5, 5.41) is 11.6. The van der Waals surface area contributed by atoms with Gasteiger partial charge >= 0.3 is 5.97 Å². The van der Waals surface area contributed by atoms with E-state index in [4.69, 9.17) is 10.8 Å². The molecule has 0 saturated heterocycles. The lowest BCUT2D eigenvalue weighted by atomic mass is 10.1. The van der Waals surface area contributed by atoms with Crippen LogP contribution < -0.4 is 11.1 Å². The van der Waals surface area contributed by atoms with Crippen LogP contribution in [0.3, 0.4) is 0 Å². The highest BCUT2D eigenvalue weighted by atomic mass is 19.1. The van der Waals surface area contributed by atoms with E-state index in [9.17, 15) is 13.6 Å². The number of aromatic carboxylic acids is 1. The largest absolute Gasteiger partial charge is 0.478 e. The summed E-state index contributed by atoms with van der Waals surface area (Å²) in [4.78, 5) is 11.1. The molecule has 2 aromatic carbocycles. The molecule has 0 atom stereocenters. The lowest BCUT2D eigenvalue weighted by molar-refractivity contribution is 0.0698. The fourth-order valence-electron chi connectivity index (χ4n) is 1.74. The molecule has 2 aromatic rings. The number of nitrogens with one attached hydrogen (secondary N) is 1. The standard InChI is InChI=1S/C14H12F2N2O2/c1-7-4-11(16)13(6-10(7)15)18-12-5-8(17)2-3-9(12)14(19)20/h2-6,18H,17H2,1H3,(H,19,20). The first-order valence-electron chi connectivity index (χ1n) is 5.74. The van der Waals surface area contributed by atoms with Crippen LogP contribution in [-0.2, 0) is 0 Å². The number of halogens is 2. The summed E-state index contributed by atoms with van der Waals surface area (Å²) in [6.07, 6.45) is 0. The second-order valence-corrected chi connectivity index (χ2v) is 4.32. The van der Waals surface area contributed by atoms with Gasteiger partial charge < -0.3 is 16.2 Å². The number of anilines is 3. The monoisotopic (exact) mass is 278 g/mol. The van der Waals surface area contributed by atoms with Crippen molar-refractivity contribution in [3.63, 3.8) is 0 Å². The summed E-state index contributed by atoms with van der Waals surface area (Å²) < 4.78 is 27.2. The minimum atomic E-state index is -1.19. The second-order valence-electron chi connectivity index (χ2n) is 4.32. The normalized spacial score (nSPS) is 10.3. The molecule has 20 heavy (non-hydrogen) atoms. The minimum absolute atomic E-state index is 0.0837. The Hall–Kier alpha value is -2.63. The third kappa shape index (κ3) is 2.69. The molecule has 0 spiro atoms. The number of carboxylic acid groups (broad SMARTS) is 1. The predicted octanol–water partition coefficient (Wildman–Crippen LogP) is 3.30. The molecular formula is C14H12F2N2O2. The first-order chi connectivity index (χ1) is 9.38. The van der Waals surface area contributed by atoms with Gasteiger partial charge in [-0.1, -0.05) is 0 Å². The number of hydrogen-bond donors (Lipinski definition) is 3. The summed E-state index contributed by atoms with van der Waals surface area (Å²) in [5.74, 6) is -2.46. The molecule has 0 unspecified atom stereocenters. The van der Waals surface area contributed by atoms with Crippen LogP contribution in [0.15, 0.2) is 30.3 Å². The van der Waals surface area contributed by atoms with E-state index in [1.165, 1.54) is 25.1 Å². The molecule has 0 aliphatic rings. The predicted molar refractivity (Wildman–Crippen MR) is 72.2 cm³/mol. The van der Waals surface area contributed by atoms with Crippen LogP contribution in [0.25, 0.3) is 0 Å². The highest BCUT2D eigenvalue weighted by Crippen LogP contribution is 2.27. The quantitative estimate of drug-likeness (QED) is 0.753. The van der Waals surface area contributed by atoms with E-state index in [2.05, 4.69) is 5.32 Å². The van der Waals surface area contributed by atoms with Gasteiger partial charge in [0.15, 0.2) is 0 Å². The first kappa shape index (κ1) is 13.8. The van der Waals surface area contributed by atoms with Gasteiger partial charge in [0.2, 0.25) is 0 Å². The van der Waals surface area contributed by atoms with Crippen molar-refractivity contribution in [2.75, 3.05) is 11.1 Å². The molecule has 6 heteroatoms. The number of nitrogen functional groups attached to an aromatic ring is 1. The molecule has 2 rings (SSSR count). The van der Waals surface area contributed by atoms with E-state index in [0.717, 1.165) is 12.1 Å². The molecular weight excluding hydrogens is 266 g/mol. The van der Waals surface area contributed by atoms with Crippen LogP contribution in [0, 0.1) is 18.6 Å². The van der Waals surface area contributed by atoms with Crippen molar-refractivity contribution in [3.8, 4) is 0 Å². The van der Waals surface area contributed by atoms with Gasteiger partial charge in [0.25, 0.3) is 0 Å². The Labute approximate surface area is 113 Å². The Morgan fingerprint density at radius 1 is 1.15 bits per heavy atom. The molecule has 4 nitrogen and oxygen atoms in total. The summed E-state index contributed by atoms with van der Waals surface area (Å²) in [6, 6.07) is 6.06. The number of nitrogens with two attached hydrogens (primary N) is 1. The van der Waals surface area contributed by atoms with Crippen molar-refractivity contribution in [2.45, 2.75) is 6.92 Å². The molecule has 104 valence electrons. The SMILES string of the molecule is Cc1cc(F)c(Nc2cc(N)ccc2C(=O)O)cc1F. The van der Waals surface area contributed by atoms with E-state index in [-0.39, 0.29) is 22.5 Å². The maximum atomic E-state index is 13.7. The van der Waals surface area contributed by atoms with Crippen LogP contribution in [0.5, 0.6) is 0 Å². The molecule has 0 fully saturated rings. The molecule has 0 bridgehead atoms. The zero-order chi connectivity index (χ0) is 14.9. The van der Waals surface area contributed by atoms with Crippen LogP contribution in [0.2, 0.25) is 0 Å². The van der Waals surface area contributed by atoms with Crippen molar-refractivity contribution in [1.82, 2.24) is 0 Å². The molecule has 0 aromatic heterocycles. The van der Waals surface area contributed by atoms with E-state index in [1.54, 1.807) is 0 Å². The zero-order valence-electron chi connectivity index (χ0n) is 10.6. The molecule has 0 radical (unpaired) electrons. The topological polar surface area (TPSA) is 75.3 Å². The lowest BCUT2D eigenvalue weighted by Gasteiger charge is -2.12. The highest BCUT2D eigenvalue weighted by molar-refractivity contribution is 5.96. The average molecular weight is 278 g/mol. The smallest absolute Gasteiger partial charge is 0.337 e. The molecule has 4 N–H and O–H groups in total. The highest BCUT2D eigenvalue weighted by Gasteiger charge is 2.13. The Kier molecular flexibility index (Phi) is 3.56. The minimum Gasteiger partial charge on any atom is -0.478 e. The third-order valence-electron chi connectivity index (χ3n) is 2.79. The Bertz CT molecular complexity index is 687. The fourth-order valence-corrected chi connectivity index (χ4v) is 1.74. The molecule has 0 aliphatic carbocycles. The number of hydrogen-bond acceptors (Lipinski definition) is 3. The molecule has 0 heterocycles. The lowest BCUT2D eigenvalue weighted by Crippen LogP contribution is -2.05. The van der Waals surface area contributed by atoms with Gasteiger partial charge in [-0.3, -0.25) is 0 Å². The number of aryl methyl sites for hydroxylation is 1. The summed E-state index contributed by atoms with van der Waals surface area (Å²) in [5.41, 5.74) is 5.91. The first-order valence-corrected chi connectivity index (χ1v) is 5.74. The van der Waals surface area contributed by atoms with Crippen LogP contribution in [0.1, 0.15) is 15.9 Å². The molecule has 0 saturated carbocycles. The van der Waals surface area contributed by atoms with Gasteiger partial charge in [0.1, 0.15) is 11.6 Å². The van der Waals surface area contributed by atoms with Crippen LogP contribution >= 0.6 is 0 Å². The van der Waals surface area contributed by atoms with E-state index >= 15 is 0 Å². The fraction of sp³-hybridized carbons (Fsp3) is 0.0714. The molecule has 0 amide bonds. The van der Waals surface area contributed by atoms with Crippen molar-refractivity contribution in [3.05, 3.63) is 53.1 Å². The van der Waals surface area contributed by atoms with Crippen molar-refractivity contribution >= 4 is 23.0 Å².